The van der Waals surface area contributed by atoms with Crippen LogP contribution in [0.2, 0.25) is 0 Å². The minimum atomic E-state index is -4.53. The van der Waals surface area contributed by atoms with E-state index in [1.807, 2.05) is 6.92 Å². The third-order valence-corrected chi connectivity index (χ3v) is 4.67. The SMILES string of the molecule is CC1(c2nn3c(C(F)(F)F)nnc3s2)CCNCC1. The van der Waals surface area contributed by atoms with Crippen molar-refractivity contribution >= 4 is 16.3 Å². The van der Waals surface area contributed by atoms with E-state index in [1.54, 1.807) is 0 Å². The van der Waals surface area contributed by atoms with Crippen molar-refractivity contribution in [1.82, 2.24) is 25.1 Å². The van der Waals surface area contributed by atoms with Crippen molar-refractivity contribution in [2.45, 2.75) is 31.4 Å². The Bertz CT molecular complexity index is 596. The van der Waals surface area contributed by atoms with Gasteiger partial charge in [-0.3, -0.25) is 0 Å². The third kappa shape index (κ3) is 2.10. The van der Waals surface area contributed by atoms with Gasteiger partial charge in [-0.1, -0.05) is 18.3 Å². The normalized spacial score (nSPS) is 20.0. The first-order chi connectivity index (χ1) is 8.90. The van der Waals surface area contributed by atoms with Gasteiger partial charge in [0.05, 0.1) is 0 Å². The summed E-state index contributed by atoms with van der Waals surface area (Å²) in [6.45, 7) is 3.73. The molecule has 1 aliphatic heterocycles. The summed E-state index contributed by atoms with van der Waals surface area (Å²) < 4.78 is 39.0. The Hall–Kier alpha value is -1.22. The van der Waals surface area contributed by atoms with Gasteiger partial charge in [-0.2, -0.15) is 22.8 Å². The van der Waals surface area contributed by atoms with Gasteiger partial charge >= 0.3 is 6.18 Å². The van der Waals surface area contributed by atoms with Crippen LogP contribution in [0.5, 0.6) is 0 Å². The highest BCUT2D eigenvalue weighted by molar-refractivity contribution is 7.16. The van der Waals surface area contributed by atoms with E-state index in [9.17, 15) is 13.2 Å². The van der Waals surface area contributed by atoms with E-state index in [4.69, 9.17) is 0 Å². The van der Waals surface area contributed by atoms with Gasteiger partial charge in [-0.05, 0) is 25.9 Å². The largest absolute Gasteiger partial charge is 0.453 e. The summed E-state index contributed by atoms with van der Waals surface area (Å²) >= 11 is 1.19. The van der Waals surface area contributed by atoms with E-state index in [-0.39, 0.29) is 10.4 Å². The van der Waals surface area contributed by atoms with Gasteiger partial charge in [-0.15, -0.1) is 10.2 Å². The standard InChI is InChI=1S/C10H12F3N5S/c1-9(2-4-14-5-3-9)7-17-18-6(10(11,12)13)15-16-8(18)19-7/h14H,2-5H2,1H3. The molecule has 2 aromatic rings. The van der Waals surface area contributed by atoms with Gasteiger partial charge in [0.2, 0.25) is 4.96 Å². The van der Waals surface area contributed by atoms with Crippen molar-refractivity contribution < 1.29 is 13.2 Å². The summed E-state index contributed by atoms with van der Waals surface area (Å²) in [5.41, 5.74) is -0.181. The molecule has 0 unspecified atom stereocenters. The number of hydrogen-bond acceptors (Lipinski definition) is 5. The first-order valence-corrected chi connectivity index (χ1v) is 6.72. The van der Waals surface area contributed by atoms with Gasteiger partial charge in [0.15, 0.2) is 0 Å². The number of aromatic nitrogens is 4. The highest BCUT2D eigenvalue weighted by Crippen LogP contribution is 2.36. The van der Waals surface area contributed by atoms with Crippen LogP contribution in [0.25, 0.3) is 4.96 Å². The molecule has 0 radical (unpaired) electrons. The average molecular weight is 291 g/mol. The second kappa shape index (κ2) is 4.14. The minimum Gasteiger partial charge on any atom is -0.317 e. The summed E-state index contributed by atoms with van der Waals surface area (Å²) in [5.74, 6) is -1.05. The predicted octanol–water partition coefficient (Wildman–Crippen LogP) is 1.85. The number of rotatable bonds is 1. The Morgan fingerprint density at radius 2 is 1.95 bits per heavy atom. The maximum Gasteiger partial charge on any atom is 0.453 e. The Labute approximate surface area is 110 Å². The first kappa shape index (κ1) is 12.8. The number of hydrogen-bond donors (Lipinski definition) is 1. The molecule has 3 rings (SSSR count). The molecule has 0 saturated carbocycles. The number of nitrogens with one attached hydrogen (secondary N) is 1. The second-order valence-electron chi connectivity index (χ2n) is 4.93. The molecule has 0 amide bonds. The summed E-state index contributed by atoms with van der Waals surface area (Å²) in [4.78, 5) is 0.196. The molecule has 5 nitrogen and oxygen atoms in total. The van der Waals surface area contributed by atoms with E-state index in [0.717, 1.165) is 30.4 Å². The quantitative estimate of drug-likeness (QED) is 0.871. The van der Waals surface area contributed by atoms with Crippen molar-refractivity contribution in [3.63, 3.8) is 0 Å². The maximum absolute atomic E-state index is 12.7. The first-order valence-electron chi connectivity index (χ1n) is 5.91. The molecule has 0 atom stereocenters. The number of alkyl halides is 3. The van der Waals surface area contributed by atoms with Gasteiger partial charge in [-0.25, -0.2) is 0 Å². The fourth-order valence-corrected chi connectivity index (χ4v) is 3.27. The van der Waals surface area contributed by atoms with Crippen LogP contribution in [0.4, 0.5) is 13.2 Å². The van der Waals surface area contributed by atoms with E-state index in [2.05, 4.69) is 20.6 Å². The Morgan fingerprint density at radius 1 is 1.26 bits per heavy atom. The zero-order chi connectivity index (χ0) is 13.7. The molecule has 1 fully saturated rings. The molecular weight excluding hydrogens is 279 g/mol. The Balaban J connectivity index is 2.05. The lowest BCUT2D eigenvalue weighted by Gasteiger charge is -2.31. The summed E-state index contributed by atoms with van der Waals surface area (Å²) in [6, 6.07) is 0. The van der Waals surface area contributed by atoms with Crippen LogP contribution < -0.4 is 5.32 Å². The van der Waals surface area contributed by atoms with Crippen LogP contribution >= 0.6 is 11.3 Å². The lowest BCUT2D eigenvalue weighted by molar-refractivity contribution is -0.146. The molecule has 0 aliphatic carbocycles. The van der Waals surface area contributed by atoms with Crippen LogP contribution in [0, 0.1) is 0 Å². The van der Waals surface area contributed by atoms with Crippen LogP contribution in [-0.2, 0) is 11.6 Å². The van der Waals surface area contributed by atoms with Crippen molar-refractivity contribution in [2.75, 3.05) is 13.1 Å². The van der Waals surface area contributed by atoms with Crippen molar-refractivity contribution in [2.24, 2.45) is 0 Å². The molecule has 1 N–H and O–H groups in total. The molecule has 0 bridgehead atoms. The molecule has 3 heterocycles. The van der Waals surface area contributed by atoms with Crippen LogP contribution in [0.3, 0.4) is 0 Å². The Kier molecular flexibility index (Phi) is 2.79. The third-order valence-electron chi connectivity index (χ3n) is 3.47. The van der Waals surface area contributed by atoms with E-state index < -0.39 is 12.0 Å². The van der Waals surface area contributed by atoms with E-state index >= 15 is 0 Å². The van der Waals surface area contributed by atoms with Gasteiger partial charge < -0.3 is 5.32 Å². The second-order valence-corrected chi connectivity index (χ2v) is 5.89. The Morgan fingerprint density at radius 3 is 2.58 bits per heavy atom. The van der Waals surface area contributed by atoms with Crippen LogP contribution in [-0.4, -0.2) is 32.9 Å². The van der Waals surface area contributed by atoms with Gasteiger partial charge in [0, 0.05) is 5.41 Å². The molecule has 0 spiro atoms. The maximum atomic E-state index is 12.7. The minimum absolute atomic E-state index is 0.181. The van der Waals surface area contributed by atoms with E-state index in [1.165, 1.54) is 11.3 Å². The molecule has 9 heteroatoms. The number of nitrogens with zero attached hydrogens (tertiary/aromatic N) is 4. The fourth-order valence-electron chi connectivity index (χ4n) is 2.23. The van der Waals surface area contributed by atoms with Crippen molar-refractivity contribution in [1.29, 1.82) is 0 Å². The molecule has 1 saturated heterocycles. The number of fused-ring (bicyclic) bond motifs is 1. The molecule has 104 valence electrons. The lowest BCUT2D eigenvalue weighted by atomic mass is 9.82. The van der Waals surface area contributed by atoms with Crippen molar-refractivity contribution in [3.05, 3.63) is 10.8 Å². The number of halogens is 3. The molecule has 19 heavy (non-hydrogen) atoms. The highest BCUT2D eigenvalue weighted by atomic mass is 32.1. The lowest BCUT2D eigenvalue weighted by Crippen LogP contribution is -2.37. The molecular formula is C10H12F3N5S. The zero-order valence-electron chi connectivity index (χ0n) is 10.2. The highest BCUT2D eigenvalue weighted by Gasteiger charge is 2.40. The van der Waals surface area contributed by atoms with Crippen molar-refractivity contribution in [3.8, 4) is 0 Å². The average Bonchev–Trinajstić information content (AvgIpc) is 2.87. The summed E-state index contributed by atoms with van der Waals surface area (Å²) in [7, 11) is 0. The van der Waals surface area contributed by atoms with Gasteiger partial charge in [0.1, 0.15) is 5.01 Å². The molecule has 0 aromatic carbocycles. The van der Waals surface area contributed by atoms with Crippen LogP contribution in [0.15, 0.2) is 0 Å². The fraction of sp³-hybridized carbons (Fsp3) is 0.700. The zero-order valence-corrected chi connectivity index (χ0v) is 11.0. The number of piperidine rings is 1. The molecule has 1 aliphatic rings. The van der Waals surface area contributed by atoms with Gasteiger partial charge in [0.25, 0.3) is 5.82 Å². The van der Waals surface area contributed by atoms with E-state index in [0.29, 0.717) is 5.01 Å². The smallest absolute Gasteiger partial charge is 0.317 e. The molecule has 2 aromatic heterocycles. The monoisotopic (exact) mass is 291 g/mol. The topological polar surface area (TPSA) is 55.1 Å². The summed E-state index contributed by atoms with van der Waals surface area (Å²) in [5, 5.41) is 14.8. The summed E-state index contributed by atoms with van der Waals surface area (Å²) in [6.07, 6.45) is -2.81. The predicted molar refractivity (Wildman–Crippen MR) is 63.1 cm³/mol. The van der Waals surface area contributed by atoms with Crippen LogP contribution in [0.1, 0.15) is 30.6 Å².